The van der Waals surface area contributed by atoms with Gasteiger partial charge >= 0.3 is 11.9 Å². The number of esters is 1. The van der Waals surface area contributed by atoms with Crippen molar-refractivity contribution in [3.05, 3.63) is 42.5 Å². The number of hydrogen-bond donors (Lipinski definition) is 0. The first-order valence-electron chi connectivity index (χ1n) is 5.18. The molecule has 4 nitrogen and oxygen atoms in total. The molecule has 0 unspecified atom stereocenters. The Bertz CT molecular complexity index is 440. The molecule has 0 fully saturated rings. The summed E-state index contributed by atoms with van der Waals surface area (Å²) in [7, 11) is 1.18. The molecule has 17 heavy (non-hydrogen) atoms. The van der Waals surface area contributed by atoms with Crippen molar-refractivity contribution in [2.75, 3.05) is 18.6 Å². The van der Waals surface area contributed by atoms with Gasteiger partial charge in [-0.1, -0.05) is 24.3 Å². The van der Waals surface area contributed by atoms with Crippen LogP contribution in [0.5, 0.6) is 0 Å². The molecule has 0 aliphatic rings. The minimum atomic E-state index is -0.880. The monoisotopic (exact) mass is 233 g/mol. The summed E-state index contributed by atoms with van der Waals surface area (Å²) in [6.45, 7) is 5.71. The quantitative estimate of drug-likeness (QED) is 0.453. The molecule has 0 saturated carbocycles. The van der Waals surface area contributed by atoms with Gasteiger partial charge in [-0.3, -0.25) is 9.69 Å². The number of methoxy groups -OCH3 is 1. The van der Waals surface area contributed by atoms with E-state index in [1.165, 1.54) is 12.0 Å². The molecule has 4 heteroatoms. The number of carbonyl (C=O) groups is 2. The number of carbonyl (C=O) groups excluding carboxylic acids is 2. The fourth-order valence-corrected chi connectivity index (χ4v) is 1.48. The molecule has 0 radical (unpaired) electrons. The molecule has 0 spiro atoms. The fourth-order valence-electron chi connectivity index (χ4n) is 1.48. The van der Waals surface area contributed by atoms with E-state index in [1.54, 1.807) is 12.1 Å². The molecule has 0 heterocycles. The van der Waals surface area contributed by atoms with Crippen LogP contribution in [0.25, 0.3) is 0 Å². The maximum atomic E-state index is 11.8. The van der Waals surface area contributed by atoms with Crippen LogP contribution in [0.15, 0.2) is 36.9 Å². The predicted octanol–water partition coefficient (Wildman–Crippen LogP) is 1.69. The SMILES string of the molecule is C=CCN(C(=O)C(=O)OC)c1ccccc1C. The number of hydrogen-bond acceptors (Lipinski definition) is 3. The Kier molecular flexibility index (Phi) is 4.46. The minimum Gasteiger partial charge on any atom is -0.462 e. The van der Waals surface area contributed by atoms with Gasteiger partial charge in [-0.2, -0.15) is 0 Å². The number of aryl methyl sites for hydroxylation is 1. The Morgan fingerprint density at radius 1 is 1.41 bits per heavy atom. The van der Waals surface area contributed by atoms with Crippen LogP contribution < -0.4 is 4.90 Å². The van der Waals surface area contributed by atoms with E-state index in [4.69, 9.17) is 0 Å². The predicted molar refractivity (Wildman–Crippen MR) is 65.7 cm³/mol. The first kappa shape index (κ1) is 13.0. The maximum absolute atomic E-state index is 11.8. The van der Waals surface area contributed by atoms with Crippen molar-refractivity contribution in [2.24, 2.45) is 0 Å². The Morgan fingerprint density at radius 3 is 2.59 bits per heavy atom. The molecule has 0 aliphatic heterocycles. The van der Waals surface area contributed by atoms with Crippen LogP contribution in [0.3, 0.4) is 0 Å². The van der Waals surface area contributed by atoms with Crippen LogP contribution in [0, 0.1) is 6.92 Å². The van der Waals surface area contributed by atoms with Gasteiger partial charge in [0.05, 0.1) is 7.11 Å². The number of anilines is 1. The van der Waals surface area contributed by atoms with E-state index in [9.17, 15) is 9.59 Å². The van der Waals surface area contributed by atoms with Gasteiger partial charge in [0.1, 0.15) is 0 Å². The third kappa shape index (κ3) is 2.93. The molecule has 0 saturated heterocycles. The lowest BCUT2D eigenvalue weighted by atomic mass is 10.2. The van der Waals surface area contributed by atoms with E-state index in [1.807, 2.05) is 25.1 Å². The maximum Gasteiger partial charge on any atom is 0.397 e. The molecule has 1 amide bonds. The van der Waals surface area contributed by atoms with Crippen molar-refractivity contribution in [2.45, 2.75) is 6.92 Å². The van der Waals surface area contributed by atoms with Gasteiger partial charge in [-0.05, 0) is 18.6 Å². The number of ether oxygens (including phenoxy) is 1. The lowest BCUT2D eigenvalue weighted by molar-refractivity contribution is -0.151. The first-order chi connectivity index (χ1) is 8.11. The van der Waals surface area contributed by atoms with Crippen molar-refractivity contribution in [1.82, 2.24) is 0 Å². The summed E-state index contributed by atoms with van der Waals surface area (Å²) in [5, 5.41) is 0. The highest BCUT2D eigenvalue weighted by molar-refractivity contribution is 6.38. The standard InChI is InChI=1S/C13H15NO3/c1-4-9-14(12(15)13(16)17-3)11-8-6-5-7-10(11)2/h4-8H,1,9H2,2-3H3. The molecule has 0 N–H and O–H groups in total. The molecular formula is C13H15NO3. The van der Waals surface area contributed by atoms with Gasteiger partial charge in [0.25, 0.3) is 0 Å². The molecule has 1 aromatic carbocycles. The van der Waals surface area contributed by atoms with Crippen molar-refractivity contribution < 1.29 is 14.3 Å². The fraction of sp³-hybridized carbons (Fsp3) is 0.231. The van der Waals surface area contributed by atoms with Crippen molar-refractivity contribution in [3.63, 3.8) is 0 Å². The van der Waals surface area contributed by atoms with Gasteiger partial charge in [0, 0.05) is 12.2 Å². The molecule has 90 valence electrons. The third-order valence-corrected chi connectivity index (χ3v) is 2.32. The highest BCUT2D eigenvalue weighted by atomic mass is 16.5. The average Bonchev–Trinajstić information content (AvgIpc) is 2.35. The topological polar surface area (TPSA) is 46.6 Å². The number of rotatable bonds is 3. The Hall–Kier alpha value is -2.10. The van der Waals surface area contributed by atoms with E-state index in [2.05, 4.69) is 11.3 Å². The van der Waals surface area contributed by atoms with Crippen LogP contribution in [0.4, 0.5) is 5.69 Å². The number of nitrogens with zero attached hydrogens (tertiary/aromatic N) is 1. The van der Waals surface area contributed by atoms with Crippen LogP contribution in [-0.4, -0.2) is 25.5 Å². The Labute approximate surface area is 100 Å². The number of amides is 1. The smallest absolute Gasteiger partial charge is 0.397 e. The van der Waals surface area contributed by atoms with E-state index < -0.39 is 11.9 Å². The first-order valence-corrected chi connectivity index (χ1v) is 5.18. The van der Waals surface area contributed by atoms with Gasteiger partial charge in [0.15, 0.2) is 0 Å². The van der Waals surface area contributed by atoms with E-state index in [-0.39, 0.29) is 6.54 Å². The Morgan fingerprint density at radius 2 is 2.06 bits per heavy atom. The summed E-state index contributed by atoms with van der Waals surface area (Å²) in [5.74, 6) is -1.57. The van der Waals surface area contributed by atoms with Crippen LogP contribution in [0.1, 0.15) is 5.56 Å². The van der Waals surface area contributed by atoms with Crippen LogP contribution in [0.2, 0.25) is 0 Å². The second-order valence-electron chi connectivity index (χ2n) is 3.48. The second-order valence-corrected chi connectivity index (χ2v) is 3.48. The van der Waals surface area contributed by atoms with Crippen LogP contribution >= 0.6 is 0 Å². The minimum absolute atomic E-state index is 0.263. The largest absolute Gasteiger partial charge is 0.462 e. The lowest BCUT2D eigenvalue weighted by Gasteiger charge is -2.21. The summed E-state index contributed by atoms with van der Waals surface area (Å²) in [5.41, 5.74) is 1.59. The lowest BCUT2D eigenvalue weighted by Crippen LogP contribution is -2.37. The molecule has 0 bridgehead atoms. The zero-order chi connectivity index (χ0) is 12.8. The summed E-state index contributed by atoms with van der Waals surface area (Å²) in [6.07, 6.45) is 1.56. The Balaban J connectivity index is 3.09. The van der Waals surface area contributed by atoms with Crippen molar-refractivity contribution in [3.8, 4) is 0 Å². The highest BCUT2D eigenvalue weighted by Crippen LogP contribution is 2.19. The average molecular weight is 233 g/mol. The van der Waals surface area contributed by atoms with Gasteiger partial charge in [-0.15, -0.1) is 6.58 Å². The summed E-state index contributed by atoms with van der Waals surface area (Å²) in [6, 6.07) is 7.33. The van der Waals surface area contributed by atoms with E-state index in [0.29, 0.717) is 5.69 Å². The summed E-state index contributed by atoms with van der Waals surface area (Å²) < 4.78 is 4.44. The molecule has 1 rings (SSSR count). The molecule has 0 aliphatic carbocycles. The zero-order valence-corrected chi connectivity index (χ0v) is 9.97. The van der Waals surface area contributed by atoms with Crippen LogP contribution in [-0.2, 0) is 14.3 Å². The zero-order valence-electron chi connectivity index (χ0n) is 9.97. The van der Waals surface area contributed by atoms with Gasteiger partial charge < -0.3 is 4.74 Å². The third-order valence-electron chi connectivity index (χ3n) is 2.32. The summed E-state index contributed by atoms with van der Waals surface area (Å²) >= 11 is 0. The van der Waals surface area contributed by atoms with Crippen molar-refractivity contribution >= 4 is 17.6 Å². The summed E-state index contributed by atoms with van der Waals surface area (Å²) in [4.78, 5) is 24.4. The van der Waals surface area contributed by atoms with Crippen molar-refractivity contribution in [1.29, 1.82) is 0 Å². The molecular weight excluding hydrogens is 218 g/mol. The van der Waals surface area contributed by atoms with Gasteiger partial charge in [0.2, 0.25) is 0 Å². The molecule has 0 aromatic heterocycles. The van der Waals surface area contributed by atoms with Gasteiger partial charge in [-0.25, -0.2) is 4.79 Å². The molecule has 1 aromatic rings. The number of para-hydroxylation sites is 1. The second kappa shape index (κ2) is 5.84. The van der Waals surface area contributed by atoms with E-state index in [0.717, 1.165) is 5.56 Å². The highest BCUT2D eigenvalue weighted by Gasteiger charge is 2.23. The molecule has 0 atom stereocenters. The number of benzene rings is 1. The normalized spacial score (nSPS) is 9.53. The van der Waals surface area contributed by atoms with E-state index >= 15 is 0 Å².